The van der Waals surface area contributed by atoms with Crippen LogP contribution in [0.15, 0.2) is 18.2 Å². The molecular weight excluding hydrogens is 266 g/mol. The number of nitrogens with zero attached hydrogens (tertiary/aromatic N) is 1. The highest BCUT2D eigenvalue weighted by Crippen LogP contribution is 2.19. The second kappa shape index (κ2) is 5.56. The summed E-state index contributed by atoms with van der Waals surface area (Å²) in [6.07, 6.45) is 0. The van der Waals surface area contributed by atoms with E-state index in [1.165, 1.54) is 11.0 Å². The standard InChI is InChI=1S/C14H16F2N2O2/c1-8(2)13-14(20)17-6-12(19)18(13)7-9-3-4-10(15)11(16)5-9/h3-5,8,13H,6-7H2,1-2H3,(H,17,20). The number of carbonyl (C=O) groups excluding carboxylic acids is 2. The molecule has 1 heterocycles. The number of halogens is 2. The number of piperazine rings is 1. The van der Waals surface area contributed by atoms with E-state index in [2.05, 4.69) is 5.32 Å². The van der Waals surface area contributed by atoms with Gasteiger partial charge in [-0.05, 0) is 23.6 Å². The van der Waals surface area contributed by atoms with E-state index in [4.69, 9.17) is 0 Å². The van der Waals surface area contributed by atoms with Crippen LogP contribution in [0.2, 0.25) is 0 Å². The summed E-state index contributed by atoms with van der Waals surface area (Å²) < 4.78 is 26.1. The highest BCUT2D eigenvalue weighted by molar-refractivity contribution is 5.94. The first-order valence-electron chi connectivity index (χ1n) is 6.41. The summed E-state index contributed by atoms with van der Waals surface area (Å²) in [5.74, 6) is -2.41. The predicted octanol–water partition coefficient (Wildman–Crippen LogP) is 1.45. The summed E-state index contributed by atoms with van der Waals surface area (Å²) in [4.78, 5) is 25.2. The van der Waals surface area contributed by atoms with Crippen LogP contribution < -0.4 is 5.32 Å². The maximum absolute atomic E-state index is 13.2. The molecule has 0 spiro atoms. The molecule has 1 unspecified atom stereocenters. The van der Waals surface area contributed by atoms with Gasteiger partial charge >= 0.3 is 0 Å². The summed E-state index contributed by atoms with van der Waals surface area (Å²) in [5.41, 5.74) is 0.456. The average molecular weight is 282 g/mol. The van der Waals surface area contributed by atoms with E-state index < -0.39 is 17.7 Å². The van der Waals surface area contributed by atoms with Crippen molar-refractivity contribution in [3.8, 4) is 0 Å². The third-order valence-electron chi connectivity index (χ3n) is 3.31. The number of amides is 2. The van der Waals surface area contributed by atoms with Crippen molar-refractivity contribution in [2.75, 3.05) is 6.54 Å². The molecule has 0 radical (unpaired) electrons. The molecule has 4 nitrogen and oxygen atoms in total. The minimum Gasteiger partial charge on any atom is -0.345 e. The van der Waals surface area contributed by atoms with Crippen molar-refractivity contribution in [2.24, 2.45) is 5.92 Å². The monoisotopic (exact) mass is 282 g/mol. The van der Waals surface area contributed by atoms with Gasteiger partial charge in [-0.3, -0.25) is 9.59 Å². The Labute approximate surface area is 115 Å². The zero-order valence-electron chi connectivity index (χ0n) is 11.3. The van der Waals surface area contributed by atoms with Crippen LogP contribution >= 0.6 is 0 Å². The van der Waals surface area contributed by atoms with Gasteiger partial charge in [0, 0.05) is 6.54 Å². The van der Waals surface area contributed by atoms with Crippen molar-refractivity contribution in [2.45, 2.75) is 26.4 Å². The van der Waals surface area contributed by atoms with Gasteiger partial charge in [-0.1, -0.05) is 19.9 Å². The maximum Gasteiger partial charge on any atom is 0.243 e. The topological polar surface area (TPSA) is 49.4 Å². The molecule has 2 amide bonds. The highest BCUT2D eigenvalue weighted by atomic mass is 19.2. The molecule has 1 saturated heterocycles. The molecule has 1 fully saturated rings. The number of rotatable bonds is 3. The van der Waals surface area contributed by atoms with Crippen LogP contribution in [0.3, 0.4) is 0 Å². The second-order valence-corrected chi connectivity index (χ2v) is 5.18. The van der Waals surface area contributed by atoms with Gasteiger partial charge in [-0.2, -0.15) is 0 Å². The van der Waals surface area contributed by atoms with Crippen LogP contribution in [0.4, 0.5) is 8.78 Å². The SMILES string of the molecule is CC(C)C1C(=O)NCC(=O)N1Cc1ccc(F)c(F)c1. The molecule has 1 N–H and O–H groups in total. The molecule has 6 heteroatoms. The molecule has 1 aromatic rings. The Balaban J connectivity index is 2.25. The molecule has 0 bridgehead atoms. The number of carbonyl (C=O) groups is 2. The summed E-state index contributed by atoms with van der Waals surface area (Å²) in [6, 6.07) is 2.88. The minimum absolute atomic E-state index is 0.0638. The van der Waals surface area contributed by atoms with Crippen LogP contribution in [-0.2, 0) is 16.1 Å². The Hall–Kier alpha value is -1.98. The van der Waals surface area contributed by atoms with Gasteiger partial charge in [0.15, 0.2) is 11.6 Å². The number of hydrogen-bond acceptors (Lipinski definition) is 2. The fourth-order valence-corrected chi connectivity index (χ4v) is 2.35. The zero-order chi connectivity index (χ0) is 14.9. The lowest BCUT2D eigenvalue weighted by Gasteiger charge is -2.37. The van der Waals surface area contributed by atoms with Gasteiger partial charge in [0.1, 0.15) is 6.04 Å². The fourth-order valence-electron chi connectivity index (χ4n) is 2.35. The highest BCUT2D eigenvalue weighted by Gasteiger charge is 2.36. The van der Waals surface area contributed by atoms with E-state index in [1.54, 1.807) is 0 Å². The second-order valence-electron chi connectivity index (χ2n) is 5.18. The smallest absolute Gasteiger partial charge is 0.243 e. The van der Waals surface area contributed by atoms with Gasteiger partial charge in [-0.25, -0.2) is 8.78 Å². The molecule has 0 aliphatic carbocycles. The van der Waals surface area contributed by atoms with E-state index in [9.17, 15) is 18.4 Å². The lowest BCUT2D eigenvalue weighted by Crippen LogP contribution is -2.59. The number of benzene rings is 1. The van der Waals surface area contributed by atoms with E-state index >= 15 is 0 Å². The lowest BCUT2D eigenvalue weighted by molar-refractivity contribution is -0.148. The third-order valence-corrected chi connectivity index (χ3v) is 3.31. The van der Waals surface area contributed by atoms with Crippen LogP contribution in [0.25, 0.3) is 0 Å². The predicted molar refractivity (Wildman–Crippen MR) is 68.5 cm³/mol. The van der Waals surface area contributed by atoms with Crippen LogP contribution in [0, 0.1) is 17.6 Å². The lowest BCUT2D eigenvalue weighted by atomic mass is 9.98. The minimum atomic E-state index is -0.961. The molecule has 1 atom stereocenters. The Morgan fingerprint density at radius 2 is 2.00 bits per heavy atom. The molecular formula is C14H16F2N2O2. The van der Waals surface area contributed by atoms with Gasteiger partial charge in [-0.15, -0.1) is 0 Å². The molecule has 0 saturated carbocycles. The van der Waals surface area contributed by atoms with Gasteiger partial charge in [0.2, 0.25) is 11.8 Å². The van der Waals surface area contributed by atoms with Gasteiger partial charge in [0.25, 0.3) is 0 Å². The average Bonchev–Trinajstić information content (AvgIpc) is 2.38. The van der Waals surface area contributed by atoms with Crippen molar-refractivity contribution >= 4 is 11.8 Å². The molecule has 1 aliphatic heterocycles. The first-order valence-corrected chi connectivity index (χ1v) is 6.41. The summed E-state index contributed by atoms with van der Waals surface area (Å²) in [6.45, 7) is 3.69. The van der Waals surface area contributed by atoms with E-state index in [0.717, 1.165) is 12.1 Å². The Bertz CT molecular complexity index is 546. The van der Waals surface area contributed by atoms with Crippen LogP contribution in [0.1, 0.15) is 19.4 Å². The molecule has 2 rings (SSSR count). The van der Waals surface area contributed by atoms with Gasteiger partial charge < -0.3 is 10.2 Å². The number of nitrogens with one attached hydrogen (secondary N) is 1. The Kier molecular flexibility index (Phi) is 4.01. The third kappa shape index (κ3) is 2.79. The van der Waals surface area contributed by atoms with Crippen molar-refractivity contribution in [3.05, 3.63) is 35.4 Å². The molecule has 1 aliphatic rings. The largest absolute Gasteiger partial charge is 0.345 e. The summed E-state index contributed by atoms with van der Waals surface area (Å²) in [5, 5.41) is 2.54. The van der Waals surface area contributed by atoms with Gasteiger partial charge in [0.05, 0.1) is 6.54 Å². The number of hydrogen-bond donors (Lipinski definition) is 1. The summed E-state index contributed by atoms with van der Waals surface area (Å²) >= 11 is 0. The summed E-state index contributed by atoms with van der Waals surface area (Å²) in [7, 11) is 0. The normalized spacial score (nSPS) is 19.4. The van der Waals surface area contributed by atoms with E-state index in [0.29, 0.717) is 5.56 Å². The molecule has 20 heavy (non-hydrogen) atoms. The van der Waals surface area contributed by atoms with Crippen LogP contribution in [-0.4, -0.2) is 29.3 Å². The first-order chi connectivity index (χ1) is 9.40. The van der Waals surface area contributed by atoms with Crippen molar-refractivity contribution < 1.29 is 18.4 Å². The van der Waals surface area contributed by atoms with Crippen molar-refractivity contribution in [1.82, 2.24) is 10.2 Å². The quantitative estimate of drug-likeness (QED) is 0.912. The Morgan fingerprint density at radius 1 is 1.30 bits per heavy atom. The molecule has 1 aromatic carbocycles. The first kappa shape index (κ1) is 14.4. The fraction of sp³-hybridized carbons (Fsp3) is 0.429. The van der Waals surface area contributed by atoms with Crippen LogP contribution in [0.5, 0.6) is 0 Å². The maximum atomic E-state index is 13.2. The molecule has 0 aromatic heterocycles. The zero-order valence-corrected chi connectivity index (χ0v) is 11.3. The van der Waals surface area contributed by atoms with Crippen molar-refractivity contribution in [3.63, 3.8) is 0 Å². The molecule has 108 valence electrons. The Morgan fingerprint density at radius 3 is 2.60 bits per heavy atom. The van der Waals surface area contributed by atoms with E-state index in [1.807, 2.05) is 13.8 Å². The van der Waals surface area contributed by atoms with Crippen molar-refractivity contribution in [1.29, 1.82) is 0 Å². The van der Waals surface area contributed by atoms with E-state index in [-0.39, 0.29) is 30.8 Å².